The van der Waals surface area contributed by atoms with E-state index < -0.39 is 0 Å². The molecule has 0 heteroatoms. The molecule has 26 heavy (non-hydrogen) atoms. The third-order valence-corrected chi connectivity index (χ3v) is 5.88. The molecule has 0 bridgehead atoms. The Balaban J connectivity index is 1.64. The zero-order chi connectivity index (χ0) is 17.3. The van der Waals surface area contributed by atoms with E-state index in [1.165, 1.54) is 71.6 Å². The van der Waals surface area contributed by atoms with Crippen LogP contribution in [0.3, 0.4) is 0 Å². The lowest BCUT2D eigenvalue weighted by Gasteiger charge is -2.16. The highest BCUT2D eigenvalue weighted by Crippen LogP contribution is 2.30. The highest BCUT2D eigenvalue weighted by Gasteiger charge is 2.10. The Morgan fingerprint density at radius 3 is 1.42 bits per heavy atom. The maximum Gasteiger partial charge on any atom is -0.0175 e. The van der Waals surface area contributed by atoms with E-state index >= 15 is 0 Å². The van der Waals surface area contributed by atoms with Gasteiger partial charge in [0, 0.05) is 0 Å². The Morgan fingerprint density at radius 2 is 0.923 bits per heavy atom. The zero-order valence-electron chi connectivity index (χ0n) is 15.2. The van der Waals surface area contributed by atoms with Crippen LogP contribution >= 0.6 is 0 Å². The van der Waals surface area contributed by atoms with Crippen molar-refractivity contribution < 1.29 is 0 Å². The third-order valence-electron chi connectivity index (χ3n) is 5.88. The van der Waals surface area contributed by atoms with Crippen LogP contribution in [-0.2, 0) is 12.8 Å². The molecule has 0 amide bonds. The summed E-state index contributed by atoms with van der Waals surface area (Å²) in [6.45, 7) is 0. The van der Waals surface area contributed by atoms with Gasteiger partial charge in [-0.1, -0.05) is 73.5 Å². The van der Waals surface area contributed by atoms with Crippen LogP contribution in [0.1, 0.15) is 59.1 Å². The zero-order valence-corrected chi connectivity index (χ0v) is 15.2. The van der Waals surface area contributed by atoms with E-state index in [4.69, 9.17) is 0 Å². The number of aryl methyl sites for hydroxylation is 2. The average Bonchev–Trinajstić information content (AvgIpc) is 2.63. The SMILES string of the molecule is C1=Cc2cc3cc4c(cc3cc2C=Cc2ccccc21)CCCCCC4. The second-order valence-corrected chi connectivity index (χ2v) is 7.66. The number of benzene rings is 3. The molecule has 0 fully saturated rings. The minimum Gasteiger partial charge on any atom is -0.0616 e. The molecule has 0 heterocycles. The Labute approximate surface area is 155 Å². The van der Waals surface area contributed by atoms with E-state index in [1.54, 1.807) is 11.1 Å². The lowest BCUT2D eigenvalue weighted by molar-refractivity contribution is 0.617. The van der Waals surface area contributed by atoms with Gasteiger partial charge < -0.3 is 0 Å². The third kappa shape index (κ3) is 2.90. The molecule has 2 aliphatic carbocycles. The van der Waals surface area contributed by atoms with E-state index in [0.717, 1.165) is 0 Å². The Morgan fingerprint density at radius 1 is 0.462 bits per heavy atom. The van der Waals surface area contributed by atoms with Gasteiger partial charge in [0.25, 0.3) is 0 Å². The Kier molecular flexibility index (Phi) is 3.97. The van der Waals surface area contributed by atoms with E-state index in [2.05, 4.69) is 72.8 Å². The smallest absolute Gasteiger partial charge is 0.0175 e. The predicted molar refractivity (Wildman–Crippen MR) is 114 cm³/mol. The van der Waals surface area contributed by atoms with Crippen molar-refractivity contribution in [2.75, 3.05) is 0 Å². The van der Waals surface area contributed by atoms with Gasteiger partial charge in [0.15, 0.2) is 0 Å². The van der Waals surface area contributed by atoms with Crippen LogP contribution in [0.25, 0.3) is 35.1 Å². The summed E-state index contributed by atoms with van der Waals surface area (Å²) in [7, 11) is 0. The van der Waals surface area contributed by atoms with Crippen LogP contribution in [0.2, 0.25) is 0 Å². The van der Waals surface area contributed by atoms with Crippen LogP contribution in [0.4, 0.5) is 0 Å². The van der Waals surface area contributed by atoms with E-state index in [0.29, 0.717) is 0 Å². The molecule has 0 atom stereocenters. The molecule has 128 valence electrons. The molecule has 0 unspecified atom stereocenters. The molecule has 3 aromatic carbocycles. The summed E-state index contributed by atoms with van der Waals surface area (Å²) < 4.78 is 0. The van der Waals surface area contributed by atoms with Crippen molar-refractivity contribution in [2.45, 2.75) is 38.5 Å². The predicted octanol–water partition coefficient (Wildman–Crippen LogP) is 7.15. The van der Waals surface area contributed by atoms with Crippen LogP contribution < -0.4 is 0 Å². The minimum atomic E-state index is 1.24. The fraction of sp³-hybridized carbons (Fsp3) is 0.231. The summed E-state index contributed by atoms with van der Waals surface area (Å²) in [5.41, 5.74) is 8.35. The molecular weight excluding hydrogens is 312 g/mol. The molecule has 0 saturated heterocycles. The van der Waals surface area contributed by atoms with Crippen molar-refractivity contribution in [1.82, 2.24) is 0 Å². The second kappa shape index (κ2) is 6.61. The van der Waals surface area contributed by atoms with Gasteiger partial charge in [-0.25, -0.2) is 0 Å². The molecule has 2 aliphatic rings. The number of fused-ring (bicyclic) bond motifs is 4. The molecule has 0 N–H and O–H groups in total. The molecule has 0 spiro atoms. The van der Waals surface area contributed by atoms with Gasteiger partial charge in [0.1, 0.15) is 0 Å². The summed E-state index contributed by atoms with van der Waals surface area (Å²) in [4.78, 5) is 0. The summed E-state index contributed by atoms with van der Waals surface area (Å²) in [5.74, 6) is 0. The maximum absolute atomic E-state index is 2.46. The first-order valence-electron chi connectivity index (χ1n) is 9.92. The monoisotopic (exact) mass is 336 g/mol. The first-order chi connectivity index (χ1) is 12.9. The average molecular weight is 336 g/mol. The van der Waals surface area contributed by atoms with Crippen molar-refractivity contribution in [3.05, 3.63) is 81.9 Å². The minimum absolute atomic E-state index is 1.24. The van der Waals surface area contributed by atoms with Gasteiger partial charge in [-0.2, -0.15) is 0 Å². The number of rotatable bonds is 0. The van der Waals surface area contributed by atoms with Gasteiger partial charge in [-0.3, -0.25) is 0 Å². The molecule has 0 saturated carbocycles. The molecular formula is C26H24. The van der Waals surface area contributed by atoms with E-state index in [-0.39, 0.29) is 0 Å². The van der Waals surface area contributed by atoms with Crippen LogP contribution in [0, 0.1) is 0 Å². The largest absolute Gasteiger partial charge is 0.0616 e. The molecule has 0 radical (unpaired) electrons. The Hall–Kier alpha value is -2.60. The number of hydrogen-bond donors (Lipinski definition) is 0. The quantitative estimate of drug-likeness (QED) is 0.320. The number of hydrogen-bond acceptors (Lipinski definition) is 0. The van der Waals surface area contributed by atoms with Gasteiger partial charge in [0.2, 0.25) is 0 Å². The summed E-state index contributed by atoms with van der Waals surface area (Å²) in [6, 6.07) is 18.3. The van der Waals surface area contributed by atoms with Gasteiger partial charge in [0.05, 0.1) is 0 Å². The van der Waals surface area contributed by atoms with Gasteiger partial charge >= 0.3 is 0 Å². The molecule has 0 aromatic heterocycles. The van der Waals surface area contributed by atoms with Crippen molar-refractivity contribution in [3.63, 3.8) is 0 Å². The van der Waals surface area contributed by atoms with Crippen LogP contribution in [0.5, 0.6) is 0 Å². The van der Waals surface area contributed by atoms with Crippen LogP contribution in [-0.4, -0.2) is 0 Å². The van der Waals surface area contributed by atoms with Gasteiger partial charge in [-0.05, 0) is 82.0 Å². The summed E-state index contributed by atoms with van der Waals surface area (Å²) in [5, 5.41) is 2.77. The fourth-order valence-corrected chi connectivity index (χ4v) is 4.39. The molecule has 0 aliphatic heterocycles. The van der Waals surface area contributed by atoms with Crippen LogP contribution in [0.15, 0.2) is 48.5 Å². The molecule has 5 rings (SSSR count). The van der Waals surface area contributed by atoms with Crippen molar-refractivity contribution in [3.8, 4) is 0 Å². The first-order valence-corrected chi connectivity index (χ1v) is 9.92. The highest BCUT2D eigenvalue weighted by atomic mass is 14.2. The van der Waals surface area contributed by atoms with Gasteiger partial charge in [-0.15, -0.1) is 0 Å². The van der Waals surface area contributed by atoms with Crippen molar-refractivity contribution >= 4 is 35.1 Å². The second-order valence-electron chi connectivity index (χ2n) is 7.66. The topological polar surface area (TPSA) is 0 Å². The highest BCUT2D eigenvalue weighted by molar-refractivity contribution is 5.94. The van der Waals surface area contributed by atoms with Crippen molar-refractivity contribution in [1.29, 1.82) is 0 Å². The lowest BCUT2D eigenvalue weighted by Crippen LogP contribution is -2.00. The fourth-order valence-electron chi connectivity index (χ4n) is 4.39. The van der Waals surface area contributed by atoms with E-state index in [1.807, 2.05) is 0 Å². The van der Waals surface area contributed by atoms with Crippen molar-refractivity contribution in [2.24, 2.45) is 0 Å². The maximum atomic E-state index is 2.46. The first kappa shape index (κ1) is 15.6. The summed E-state index contributed by atoms with van der Waals surface area (Å²) >= 11 is 0. The molecule has 3 aromatic rings. The molecule has 0 nitrogen and oxygen atoms in total. The lowest BCUT2D eigenvalue weighted by atomic mass is 9.89. The normalized spacial score (nSPS) is 16.0. The Bertz CT molecular complexity index is 950. The van der Waals surface area contributed by atoms with E-state index in [9.17, 15) is 0 Å². The standard InChI is InChI=1S/C26H24/c1-2-4-10-22-16-26-18-24-14-12-20-8-6-5-7-19(20)11-13-23(24)17-25(26)15-21(22)9-3-1/h5-8,11-18H,1-4,9-10H2. The summed E-state index contributed by atoms with van der Waals surface area (Å²) in [6.07, 6.45) is 17.0.